The molecule has 0 unspecified atom stereocenters. The molecule has 0 aliphatic heterocycles. The second-order valence-electron chi connectivity index (χ2n) is 5.01. The minimum atomic E-state index is 0.218. The van der Waals surface area contributed by atoms with Gasteiger partial charge in [-0.3, -0.25) is 0 Å². The number of hydrogen-bond acceptors (Lipinski definition) is 4. The van der Waals surface area contributed by atoms with E-state index >= 15 is 0 Å². The van der Waals surface area contributed by atoms with Gasteiger partial charge in [-0.2, -0.15) is 5.10 Å². The van der Waals surface area contributed by atoms with Crippen molar-refractivity contribution >= 4 is 28.8 Å². The van der Waals surface area contributed by atoms with Crippen LogP contribution < -0.4 is 10.5 Å². The molecule has 1 heterocycles. The Bertz CT molecular complexity index is 689. The lowest BCUT2D eigenvalue weighted by molar-refractivity contribution is 0.450. The third-order valence-electron chi connectivity index (χ3n) is 3.08. The van der Waals surface area contributed by atoms with Crippen molar-refractivity contribution in [2.24, 2.45) is 5.73 Å². The lowest BCUT2D eigenvalue weighted by atomic mass is 10.0. The number of aryl methyl sites for hydroxylation is 1. The van der Waals surface area contributed by atoms with Gasteiger partial charge in [0.15, 0.2) is 0 Å². The number of aromatic nitrogens is 2. The molecule has 0 amide bonds. The van der Waals surface area contributed by atoms with Gasteiger partial charge in [-0.05, 0) is 42.2 Å². The molecule has 0 radical (unpaired) electrons. The van der Waals surface area contributed by atoms with Crippen molar-refractivity contribution in [1.29, 1.82) is 0 Å². The van der Waals surface area contributed by atoms with E-state index in [1.165, 1.54) is 6.20 Å². The average Bonchev–Trinajstić information content (AvgIpc) is 2.41. The van der Waals surface area contributed by atoms with Crippen LogP contribution in [-0.4, -0.2) is 15.2 Å². The zero-order valence-corrected chi connectivity index (χ0v) is 13.6. The van der Waals surface area contributed by atoms with Crippen molar-refractivity contribution in [1.82, 2.24) is 10.2 Å². The summed E-state index contributed by atoms with van der Waals surface area (Å²) in [5, 5.41) is 8.50. The first-order chi connectivity index (χ1) is 9.90. The molecule has 0 saturated heterocycles. The number of rotatable bonds is 4. The number of halogens is 1. The van der Waals surface area contributed by atoms with Gasteiger partial charge in [-0.25, -0.2) is 0 Å². The molecule has 4 nitrogen and oxygen atoms in total. The zero-order valence-electron chi connectivity index (χ0n) is 12.1. The summed E-state index contributed by atoms with van der Waals surface area (Å²) < 4.78 is 5.85. The first-order valence-corrected chi connectivity index (χ1v) is 7.28. The van der Waals surface area contributed by atoms with E-state index in [9.17, 15) is 0 Å². The average molecular weight is 322 g/mol. The molecule has 21 heavy (non-hydrogen) atoms. The number of thiocarbonyl (C=S) groups is 1. The molecule has 0 atom stereocenters. The lowest BCUT2D eigenvalue weighted by Crippen LogP contribution is -2.12. The first kappa shape index (κ1) is 15.7. The molecule has 0 aliphatic carbocycles. The largest absolute Gasteiger partial charge is 0.437 e. The maximum atomic E-state index is 6.26. The molecule has 2 rings (SSSR count). The molecule has 0 spiro atoms. The first-order valence-electron chi connectivity index (χ1n) is 6.49. The van der Waals surface area contributed by atoms with Crippen LogP contribution in [-0.2, 0) is 0 Å². The molecule has 0 bridgehead atoms. The minimum absolute atomic E-state index is 0.218. The Hall–Kier alpha value is -1.72. The molecule has 0 fully saturated rings. The Morgan fingerprint density at radius 1 is 1.38 bits per heavy atom. The highest BCUT2D eigenvalue weighted by Crippen LogP contribution is 2.33. The zero-order chi connectivity index (χ0) is 15.6. The van der Waals surface area contributed by atoms with Gasteiger partial charge in [0.05, 0.1) is 11.8 Å². The van der Waals surface area contributed by atoms with Gasteiger partial charge in [-0.15, -0.1) is 5.10 Å². The Labute approximate surface area is 134 Å². The Morgan fingerprint density at radius 2 is 2.10 bits per heavy atom. The summed E-state index contributed by atoms with van der Waals surface area (Å²) in [7, 11) is 0. The van der Waals surface area contributed by atoms with Gasteiger partial charge in [0, 0.05) is 5.02 Å². The van der Waals surface area contributed by atoms with Gasteiger partial charge in [0.25, 0.3) is 0 Å². The summed E-state index contributed by atoms with van der Waals surface area (Å²) in [4.78, 5) is 0.218. The quantitative estimate of drug-likeness (QED) is 0.863. The topological polar surface area (TPSA) is 61.0 Å². The molecular formula is C15H16ClN3OS. The normalized spacial score (nSPS) is 10.7. The molecule has 0 aliphatic rings. The highest BCUT2D eigenvalue weighted by Gasteiger charge is 2.14. The van der Waals surface area contributed by atoms with E-state index in [1.54, 1.807) is 6.07 Å². The Morgan fingerprint density at radius 3 is 2.71 bits per heavy atom. The van der Waals surface area contributed by atoms with Crippen LogP contribution in [0.15, 0.2) is 24.4 Å². The molecule has 2 aromatic rings. The maximum absolute atomic E-state index is 6.26. The van der Waals surface area contributed by atoms with Crippen molar-refractivity contribution < 1.29 is 4.74 Å². The Balaban J connectivity index is 2.45. The van der Waals surface area contributed by atoms with Crippen LogP contribution in [0.5, 0.6) is 11.6 Å². The number of benzene rings is 1. The highest BCUT2D eigenvalue weighted by atomic mass is 35.5. The highest BCUT2D eigenvalue weighted by molar-refractivity contribution is 7.80. The maximum Gasteiger partial charge on any atom is 0.249 e. The fourth-order valence-corrected chi connectivity index (χ4v) is 2.50. The van der Waals surface area contributed by atoms with Gasteiger partial charge >= 0.3 is 0 Å². The van der Waals surface area contributed by atoms with E-state index in [1.807, 2.05) is 19.1 Å². The number of ether oxygens (including phenoxy) is 1. The van der Waals surface area contributed by atoms with Crippen LogP contribution in [0, 0.1) is 6.92 Å². The molecule has 6 heteroatoms. The fourth-order valence-electron chi connectivity index (χ4n) is 1.91. The summed E-state index contributed by atoms with van der Waals surface area (Å²) in [5.41, 5.74) is 8.15. The van der Waals surface area contributed by atoms with Crippen molar-refractivity contribution in [3.8, 4) is 11.6 Å². The standard InChI is InChI=1S/C15H16ClN3OS/c1-8(2)11-7-13(9(3)6-12(11)16)20-15-10(14(17)21)4-5-18-19-15/h4-8H,1-3H3,(H2,17,21). The lowest BCUT2D eigenvalue weighted by Gasteiger charge is -2.14. The van der Waals surface area contributed by atoms with Crippen LogP contribution in [0.25, 0.3) is 0 Å². The molecule has 110 valence electrons. The Kier molecular flexibility index (Phi) is 4.75. The summed E-state index contributed by atoms with van der Waals surface area (Å²) >= 11 is 11.3. The molecule has 2 N–H and O–H groups in total. The third kappa shape index (κ3) is 3.49. The van der Waals surface area contributed by atoms with E-state index in [-0.39, 0.29) is 10.9 Å². The van der Waals surface area contributed by atoms with Crippen molar-refractivity contribution in [3.63, 3.8) is 0 Å². The summed E-state index contributed by atoms with van der Waals surface area (Å²) in [6.45, 7) is 6.06. The van der Waals surface area contributed by atoms with Crippen LogP contribution >= 0.6 is 23.8 Å². The van der Waals surface area contributed by atoms with Crippen molar-refractivity contribution in [2.75, 3.05) is 0 Å². The van der Waals surface area contributed by atoms with Gasteiger partial charge in [0.2, 0.25) is 5.88 Å². The summed E-state index contributed by atoms with van der Waals surface area (Å²) in [6, 6.07) is 5.47. The van der Waals surface area contributed by atoms with Crippen molar-refractivity contribution in [2.45, 2.75) is 26.7 Å². The molecule has 1 aromatic heterocycles. The SMILES string of the molecule is Cc1cc(Cl)c(C(C)C)cc1Oc1nnccc1C(N)=S. The third-order valence-corrected chi connectivity index (χ3v) is 3.62. The van der Waals surface area contributed by atoms with E-state index in [0.717, 1.165) is 16.1 Å². The van der Waals surface area contributed by atoms with Crippen LogP contribution in [0.2, 0.25) is 5.02 Å². The van der Waals surface area contributed by atoms with Crippen LogP contribution in [0.3, 0.4) is 0 Å². The van der Waals surface area contributed by atoms with Gasteiger partial charge in [-0.1, -0.05) is 37.7 Å². The minimum Gasteiger partial charge on any atom is -0.437 e. The number of hydrogen-bond donors (Lipinski definition) is 1. The number of nitrogens with two attached hydrogens (primary N) is 1. The van der Waals surface area contributed by atoms with Gasteiger partial charge < -0.3 is 10.5 Å². The molecule has 1 aromatic carbocycles. The summed E-state index contributed by atoms with van der Waals surface area (Å²) in [5.74, 6) is 1.25. The second kappa shape index (κ2) is 6.37. The van der Waals surface area contributed by atoms with Crippen LogP contribution in [0.4, 0.5) is 0 Å². The second-order valence-corrected chi connectivity index (χ2v) is 5.86. The summed E-state index contributed by atoms with van der Waals surface area (Å²) in [6.07, 6.45) is 1.52. The van der Waals surface area contributed by atoms with Crippen LogP contribution in [0.1, 0.15) is 36.5 Å². The fraction of sp³-hybridized carbons (Fsp3) is 0.267. The van der Waals surface area contributed by atoms with E-state index < -0.39 is 0 Å². The van der Waals surface area contributed by atoms with Gasteiger partial charge in [0.1, 0.15) is 10.7 Å². The predicted octanol–water partition coefficient (Wildman–Crippen LogP) is 3.99. The van der Waals surface area contributed by atoms with E-state index in [0.29, 0.717) is 17.2 Å². The molecular weight excluding hydrogens is 306 g/mol. The van der Waals surface area contributed by atoms with Crippen molar-refractivity contribution in [3.05, 3.63) is 46.1 Å². The van der Waals surface area contributed by atoms with E-state index in [2.05, 4.69) is 24.0 Å². The number of nitrogens with zero attached hydrogens (tertiary/aromatic N) is 2. The monoisotopic (exact) mass is 321 g/mol. The van der Waals surface area contributed by atoms with E-state index in [4.69, 9.17) is 34.3 Å². The smallest absolute Gasteiger partial charge is 0.249 e. The predicted molar refractivity (Wildman–Crippen MR) is 88.3 cm³/mol. The molecule has 0 saturated carbocycles.